The molecule has 280 valence electrons. The van der Waals surface area contributed by atoms with Gasteiger partial charge in [-0.05, 0) is 105 Å². The lowest BCUT2D eigenvalue weighted by atomic mass is 9.81. The monoisotopic (exact) mass is 758 g/mol. The van der Waals surface area contributed by atoms with Crippen LogP contribution in [-0.4, -0.2) is 26.2 Å². The fourth-order valence-corrected chi connectivity index (χ4v) is 11.4. The zero-order chi connectivity index (χ0) is 39.0. The maximum absolute atomic E-state index is 16.3. The summed E-state index contributed by atoms with van der Waals surface area (Å²) in [5, 5.41) is 0.770. The quantitative estimate of drug-likeness (QED) is 0.103. The van der Waals surface area contributed by atoms with Crippen molar-refractivity contribution in [1.82, 2.24) is 0 Å². The van der Waals surface area contributed by atoms with Gasteiger partial charge in [0, 0.05) is 39.2 Å². The van der Waals surface area contributed by atoms with Crippen molar-refractivity contribution in [2.75, 3.05) is 14.2 Å². The minimum Gasteiger partial charge on any atom is -0.426 e. The third-order valence-corrected chi connectivity index (χ3v) is 14.6. The summed E-state index contributed by atoms with van der Waals surface area (Å²) < 4.78 is 59.6. The molecule has 0 radical (unpaired) electrons. The molecule has 0 fully saturated rings. The van der Waals surface area contributed by atoms with Crippen molar-refractivity contribution in [2.24, 2.45) is 0 Å². The van der Waals surface area contributed by atoms with Crippen molar-refractivity contribution < 1.29 is 41.8 Å². The summed E-state index contributed by atoms with van der Waals surface area (Å²) in [4.78, 5) is 25.3. The zero-order valence-electron chi connectivity index (χ0n) is 32.6. The molecule has 0 aromatic heterocycles. The van der Waals surface area contributed by atoms with Crippen LogP contribution in [0, 0.1) is 13.8 Å². The van der Waals surface area contributed by atoms with Gasteiger partial charge in [0.1, 0.15) is 11.5 Å². The summed E-state index contributed by atoms with van der Waals surface area (Å²) in [5.41, 5.74) is 8.22. The van der Waals surface area contributed by atoms with Gasteiger partial charge in [0.15, 0.2) is 0 Å². The topological polar surface area (TPSA) is 114 Å². The van der Waals surface area contributed by atoms with E-state index in [1.165, 1.54) is 28.1 Å². The lowest BCUT2D eigenvalue weighted by Gasteiger charge is -2.27. The lowest BCUT2D eigenvalue weighted by molar-refractivity contribution is -0.132. The Labute approximate surface area is 312 Å². The molecule has 0 saturated carbocycles. The lowest BCUT2D eigenvalue weighted by Crippen LogP contribution is -2.19. The fraction of sp³-hybridized carbons (Fsp3) is 0.381. The molecule has 2 aliphatic rings. The summed E-state index contributed by atoms with van der Waals surface area (Å²) >= 11 is 0. The first-order chi connectivity index (χ1) is 24.6. The molecule has 2 heterocycles. The maximum Gasteiger partial charge on any atom is 0.334 e. The number of esters is 2. The van der Waals surface area contributed by atoms with E-state index in [2.05, 4.69) is 53.7 Å². The molecule has 11 heteroatoms. The second kappa shape index (κ2) is 13.5. The van der Waals surface area contributed by atoms with Crippen LogP contribution in [0.25, 0.3) is 33.4 Å². The molecule has 0 aliphatic carbocycles. The van der Waals surface area contributed by atoms with Gasteiger partial charge in [0.25, 0.3) is 7.37 Å². The third-order valence-electron chi connectivity index (χ3n) is 10.2. The Bertz CT molecular complexity index is 2300. The summed E-state index contributed by atoms with van der Waals surface area (Å²) in [6.07, 6.45) is -0.102. The Balaban J connectivity index is 1.79. The Hall–Kier alpha value is -3.84. The number of benzene rings is 4. The molecule has 4 aromatic carbocycles. The summed E-state index contributed by atoms with van der Waals surface area (Å²) in [5.74, 6) is -0.633. The normalized spacial score (nSPS) is 16.4. The number of hydrogen-bond acceptors (Lipinski definition) is 9. The van der Waals surface area contributed by atoms with E-state index in [9.17, 15) is 14.2 Å². The van der Waals surface area contributed by atoms with Gasteiger partial charge in [0.2, 0.25) is 0 Å². The van der Waals surface area contributed by atoms with E-state index in [0.717, 1.165) is 33.4 Å². The van der Waals surface area contributed by atoms with E-state index in [1.807, 2.05) is 32.0 Å². The average Bonchev–Trinajstić information content (AvgIpc) is 3.21. The highest BCUT2D eigenvalue weighted by atomic mass is 31.2. The summed E-state index contributed by atoms with van der Waals surface area (Å²) in [7, 11) is -5.05. The first-order valence-electron chi connectivity index (χ1n) is 17.6. The van der Waals surface area contributed by atoms with E-state index >= 15 is 4.57 Å². The van der Waals surface area contributed by atoms with E-state index in [4.69, 9.17) is 23.0 Å². The van der Waals surface area contributed by atoms with E-state index in [-0.39, 0.29) is 35.1 Å². The van der Waals surface area contributed by atoms with E-state index in [1.54, 1.807) is 18.2 Å². The predicted octanol–water partition coefficient (Wildman–Crippen LogP) is 9.81. The molecule has 1 atom stereocenters. The first kappa shape index (κ1) is 38.9. The number of rotatable bonds is 7. The predicted molar refractivity (Wildman–Crippen MR) is 209 cm³/mol. The van der Waals surface area contributed by atoms with Crippen LogP contribution in [0.1, 0.15) is 88.8 Å². The van der Waals surface area contributed by atoms with Gasteiger partial charge >= 0.3 is 19.5 Å². The van der Waals surface area contributed by atoms with Crippen molar-refractivity contribution in [3.8, 4) is 44.9 Å². The van der Waals surface area contributed by atoms with Gasteiger partial charge in [-0.2, -0.15) is 0 Å². The Kier molecular flexibility index (Phi) is 9.88. The molecule has 0 N–H and O–H groups in total. The van der Waals surface area contributed by atoms with Crippen LogP contribution in [0.3, 0.4) is 0 Å². The van der Waals surface area contributed by atoms with E-state index < -0.39 is 26.9 Å². The molecular formula is C42H48O9P2. The van der Waals surface area contributed by atoms with Gasteiger partial charge < -0.3 is 23.0 Å². The van der Waals surface area contributed by atoms with Gasteiger partial charge in [-0.3, -0.25) is 18.7 Å². The second-order valence-electron chi connectivity index (χ2n) is 16.0. The van der Waals surface area contributed by atoms with Crippen molar-refractivity contribution in [1.29, 1.82) is 0 Å². The highest BCUT2D eigenvalue weighted by Gasteiger charge is 2.49. The SMILES string of the molecule is COP(=O)(Cc1c(C)cc(C(C)(C)C)cc1-c1c(OC(C)=O)ccc2c1P1(=O)OCc3c(C)cc(C(C)(C)C)cc3-c3c(OC(C)=O)ccc-2c31)OC. The highest BCUT2D eigenvalue weighted by molar-refractivity contribution is 7.76. The highest BCUT2D eigenvalue weighted by Crippen LogP contribution is 2.63. The van der Waals surface area contributed by atoms with Crippen LogP contribution < -0.4 is 20.1 Å². The summed E-state index contributed by atoms with van der Waals surface area (Å²) in [6.45, 7) is 19.2. The van der Waals surface area contributed by atoms with Crippen LogP contribution in [0.2, 0.25) is 0 Å². The van der Waals surface area contributed by atoms with Crippen LogP contribution in [0.15, 0.2) is 48.5 Å². The van der Waals surface area contributed by atoms with Crippen molar-refractivity contribution in [2.45, 2.75) is 92.8 Å². The Morgan fingerprint density at radius 2 is 1.17 bits per heavy atom. The number of carbonyl (C=O) groups is 2. The molecule has 4 aromatic rings. The molecule has 2 aliphatic heterocycles. The fourth-order valence-electron chi connectivity index (χ4n) is 7.33. The molecule has 1 unspecified atom stereocenters. The number of fused-ring (bicyclic) bond motifs is 5. The number of aryl methyl sites for hydroxylation is 2. The summed E-state index contributed by atoms with van der Waals surface area (Å²) in [6, 6.07) is 15.3. The minimum atomic E-state index is -4.10. The molecule has 0 spiro atoms. The number of ether oxygens (including phenoxy) is 2. The van der Waals surface area contributed by atoms with Crippen molar-refractivity contribution in [3.05, 3.63) is 81.9 Å². The smallest absolute Gasteiger partial charge is 0.334 e. The largest absolute Gasteiger partial charge is 0.426 e. The molecule has 0 bridgehead atoms. The van der Waals surface area contributed by atoms with E-state index in [0.29, 0.717) is 44.0 Å². The minimum absolute atomic E-state index is 0.00361. The molecule has 9 nitrogen and oxygen atoms in total. The molecule has 0 saturated heterocycles. The molecule has 0 amide bonds. The van der Waals surface area contributed by atoms with Gasteiger partial charge in [-0.15, -0.1) is 0 Å². The first-order valence-corrected chi connectivity index (χ1v) is 20.9. The number of hydrogen-bond donors (Lipinski definition) is 0. The van der Waals surface area contributed by atoms with Crippen LogP contribution in [-0.2, 0) is 55.9 Å². The zero-order valence-corrected chi connectivity index (χ0v) is 34.4. The molecular weight excluding hydrogens is 710 g/mol. The van der Waals surface area contributed by atoms with Gasteiger partial charge in [-0.1, -0.05) is 65.8 Å². The Morgan fingerprint density at radius 1 is 0.717 bits per heavy atom. The van der Waals surface area contributed by atoms with Crippen molar-refractivity contribution in [3.63, 3.8) is 0 Å². The van der Waals surface area contributed by atoms with Crippen molar-refractivity contribution >= 4 is 37.5 Å². The van der Waals surface area contributed by atoms with Crippen LogP contribution in [0.4, 0.5) is 0 Å². The molecule has 53 heavy (non-hydrogen) atoms. The standard InChI is InChI=1S/C42H48O9P2/c1-23-17-27(41(5,6)7)19-31-33(23)21-49-53(46)39-29(13-15-35(37(31)39)50-25(3)43)30-14-16-36(51-26(4)44)38(40(30)53)32-20-28(42(8,9)10)18-24(2)34(32)22-52(45,47-11)48-12/h13-20H,21-22H2,1-12H3. The van der Waals surface area contributed by atoms with Crippen LogP contribution in [0.5, 0.6) is 11.5 Å². The maximum atomic E-state index is 16.3. The molecule has 6 rings (SSSR count). The van der Waals surface area contributed by atoms with Gasteiger partial charge in [-0.25, -0.2) is 0 Å². The third kappa shape index (κ3) is 6.77. The Morgan fingerprint density at radius 3 is 1.62 bits per heavy atom. The van der Waals surface area contributed by atoms with Gasteiger partial charge in [0.05, 0.1) is 23.4 Å². The number of carbonyl (C=O) groups excluding carboxylic acids is 2. The second-order valence-corrected chi connectivity index (χ2v) is 20.5. The average molecular weight is 759 g/mol. The van der Waals surface area contributed by atoms with Crippen LogP contribution >= 0.6 is 15.0 Å².